The maximum absolute atomic E-state index is 14.3. The minimum absolute atomic E-state index is 0.0119. The number of hydrogen-bond donors (Lipinski definition) is 3. The standard InChI is InChI=1S/C25H27ClF3N7O2/c1-15-17(12-30-14-37)19(27)4-6-20(15)32-23-18(26)13-31-25(34-23)33-21-5-3-16(11-22(21)38-24(28)29)36-9-7-35(2)8-10-36/h3-6,11,13-14,24H,7-10,12H2,1-2H3,(H,30,37)(H2,31,32,33,34). The minimum Gasteiger partial charge on any atom is -0.433 e. The molecule has 9 nitrogen and oxygen atoms in total. The lowest BCUT2D eigenvalue weighted by atomic mass is 10.1. The van der Waals surface area contributed by atoms with E-state index in [2.05, 4.69) is 35.7 Å². The van der Waals surface area contributed by atoms with E-state index in [9.17, 15) is 18.0 Å². The zero-order chi connectivity index (χ0) is 27.2. The number of piperazine rings is 1. The van der Waals surface area contributed by atoms with Crippen LogP contribution in [0.5, 0.6) is 5.75 Å². The van der Waals surface area contributed by atoms with Gasteiger partial charge in [-0.15, -0.1) is 0 Å². The number of hydrogen-bond acceptors (Lipinski definition) is 8. The van der Waals surface area contributed by atoms with E-state index in [1.807, 2.05) is 13.1 Å². The number of nitrogens with one attached hydrogen (secondary N) is 3. The first kappa shape index (κ1) is 27.3. The van der Waals surface area contributed by atoms with Crippen molar-refractivity contribution in [3.05, 3.63) is 58.5 Å². The average molecular weight is 550 g/mol. The number of halogens is 4. The number of carbonyl (C=O) groups excluding carboxylic acids is 1. The summed E-state index contributed by atoms with van der Waals surface area (Å²) in [7, 11) is 2.03. The van der Waals surface area contributed by atoms with Crippen LogP contribution >= 0.6 is 11.6 Å². The molecule has 1 saturated heterocycles. The van der Waals surface area contributed by atoms with Gasteiger partial charge in [0.2, 0.25) is 12.4 Å². The van der Waals surface area contributed by atoms with Crippen molar-refractivity contribution in [2.24, 2.45) is 0 Å². The van der Waals surface area contributed by atoms with Crippen LogP contribution in [-0.4, -0.2) is 61.1 Å². The van der Waals surface area contributed by atoms with E-state index in [1.54, 1.807) is 19.1 Å². The van der Waals surface area contributed by atoms with Crippen molar-refractivity contribution in [3.8, 4) is 5.75 Å². The molecule has 1 aromatic heterocycles. The predicted molar refractivity (Wildman–Crippen MR) is 140 cm³/mol. The van der Waals surface area contributed by atoms with Crippen LogP contribution < -0.4 is 25.6 Å². The van der Waals surface area contributed by atoms with Gasteiger partial charge < -0.3 is 30.5 Å². The number of likely N-dealkylation sites (N-methyl/N-ethyl adjacent to an activating group) is 1. The Morgan fingerprint density at radius 2 is 1.87 bits per heavy atom. The van der Waals surface area contributed by atoms with Crippen LogP contribution in [0.3, 0.4) is 0 Å². The molecule has 3 N–H and O–H groups in total. The monoisotopic (exact) mass is 549 g/mol. The summed E-state index contributed by atoms with van der Waals surface area (Å²) >= 11 is 6.29. The van der Waals surface area contributed by atoms with Gasteiger partial charge in [-0.3, -0.25) is 4.79 Å². The fourth-order valence-corrected chi connectivity index (χ4v) is 4.19. The van der Waals surface area contributed by atoms with Crippen LogP contribution in [0.15, 0.2) is 36.5 Å². The summed E-state index contributed by atoms with van der Waals surface area (Å²) in [5.74, 6) is -0.235. The number of carbonyl (C=O) groups is 1. The summed E-state index contributed by atoms with van der Waals surface area (Å²) < 4.78 is 45.5. The molecule has 2 heterocycles. The Labute approximate surface area is 223 Å². The Bertz CT molecular complexity index is 1290. The van der Waals surface area contributed by atoms with Gasteiger partial charge in [-0.05, 0) is 43.8 Å². The lowest BCUT2D eigenvalue weighted by Gasteiger charge is -2.34. The van der Waals surface area contributed by atoms with Gasteiger partial charge >= 0.3 is 6.61 Å². The van der Waals surface area contributed by atoms with Crippen molar-refractivity contribution in [2.45, 2.75) is 20.1 Å². The molecule has 1 aliphatic rings. The third-order valence-corrected chi connectivity index (χ3v) is 6.47. The van der Waals surface area contributed by atoms with E-state index in [1.165, 1.54) is 18.3 Å². The Hall–Kier alpha value is -3.77. The number of ether oxygens (including phenoxy) is 1. The third-order valence-electron chi connectivity index (χ3n) is 6.20. The van der Waals surface area contributed by atoms with E-state index in [0.29, 0.717) is 23.2 Å². The van der Waals surface area contributed by atoms with Gasteiger partial charge in [-0.25, -0.2) is 9.37 Å². The Morgan fingerprint density at radius 1 is 1.13 bits per heavy atom. The molecule has 0 radical (unpaired) electrons. The number of aromatic nitrogens is 2. The molecule has 3 aromatic rings. The molecule has 0 spiro atoms. The van der Waals surface area contributed by atoms with E-state index in [0.717, 1.165) is 31.9 Å². The van der Waals surface area contributed by atoms with Crippen LogP contribution in [-0.2, 0) is 11.3 Å². The van der Waals surface area contributed by atoms with Gasteiger partial charge in [0.25, 0.3) is 0 Å². The number of alkyl halides is 2. The Balaban J connectivity index is 1.58. The molecule has 1 amide bonds. The van der Waals surface area contributed by atoms with E-state index in [4.69, 9.17) is 16.3 Å². The second-order valence-electron chi connectivity index (χ2n) is 8.69. The number of amides is 1. The van der Waals surface area contributed by atoms with Gasteiger partial charge in [-0.2, -0.15) is 13.8 Å². The van der Waals surface area contributed by atoms with Gasteiger partial charge in [0, 0.05) is 55.7 Å². The molecular weight excluding hydrogens is 523 g/mol. The molecule has 0 aliphatic carbocycles. The second kappa shape index (κ2) is 12.2. The van der Waals surface area contributed by atoms with Crippen LogP contribution in [0.1, 0.15) is 11.1 Å². The highest BCUT2D eigenvalue weighted by molar-refractivity contribution is 6.32. The quantitative estimate of drug-likeness (QED) is 0.314. The molecule has 1 aliphatic heterocycles. The first-order valence-electron chi connectivity index (χ1n) is 11.8. The summed E-state index contributed by atoms with van der Waals surface area (Å²) in [6.45, 7) is 1.94. The smallest absolute Gasteiger partial charge is 0.387 e. The summed E-state index contributed by atoms with van der Waals surface area (Å²) in [5.41, 5.74) is 2.39. The second-order valence-corrected chi connectivity index (χ2v) is 9.09. The summed E-state index contributed by atoms with van der Waals surface area (Å²) in [6, 6.07) is 7.80. The first-order valence-corrected chi connectivity index (χ1v) is 12.2. The maximum atomic E-state index is 14.3. The largest absolute Gasteiger partial charge is 0.433 e. The van der Waals surface area contributed by atoms with Crippen LogP contribution in [0.2, 0.25) is 5.02 Å². The van der Waals surface area contributed by atoms with Crippen LogP contribution in [0.4, 0.5) is 42.0 Å². The molecule has 0 saturated carbocycles. The highest BCUT2D eigenvalue weighted by Crippen LogP contribution is 2.34. The lowest BCUT2D eigenvalue weighted by Crippen LogP contribution is -2.44. The third kappa shape index (κ3) is 6.56. The Morgan fingerprint density at radius 3 is 2.58 bits per heavy atom. The number of rotatable bonds is 10. The molecule has 1 fully saturated rings. The lowest BCUT2D eigenvalue weighted by molar-refractivity contribution is -0.109. The Kier molecular flexibility index (Phi) is 8.74. The van der Waals surface area contributed by atoms with Gasteiger partial charge in [0.15, 0.2) is 11.6 Å². The number of anilines is 5. The number of benzene rings is 2. The van der Waals surface area contributed by atoms with Crippen molar-refractivity contribution in [1.82, 2.24) is 20.2 Å². The fraction of sp³-hybridized carbons (Fsp3) is 0.320. The minimum atomic E-state index is -3.02. The zero-order valence-corrected chi connectivity index (χ0v) is 21.5. The molecule has 38 heavy (non-hydrogen) atoms. The molecule has 0 bridgehead atoms. The van der Waals surface area contributed by atoms with Gasteiger partial charge in [0.1, 0.15) is 10.8 Å². The van der Waals surface area contributed by atoms with Crippen LogP contribution in [0, 0.1) is 12.7 Å². The fourth-order valence-electron chi connectivity index (χ4n) is 4.05. The van der Waals surface area contributed by atoms with Gasteiger partial charge in [0.05, 0.1) is 11.9 Å². The molecular formula is C25H27ClF3N7O2. The maximum Gasteiger partial charge on any atom is 0.387 e. The van der Waals surface area contributed by atoms with Crippen molar-refractivity contribution in [3.63, 3.8) is 0 Å². The van der Waals surface area contributed by atoms with Crippen molar-refractivity contribution in [2.75, 3.05) is 48.8 Å². The predicted octanol–water partition coefficient (Wildman–Crippen LogP) is 4.66. The SMILES string of the molecule is Cc1c(Nc2nc(Nc3ccc(N4CCN(C)CC4)cc3OC(F)F)ncc2Cl)ccc(F)c1CNC=O. The molecule has 0 atom stereocenters. The van der Waals surface area contributed by atoms with Crippen molar-refractivity contribution >= 4 is 46.8 Å². The van der Waals surface area contributed by atoms with Crippen molar-refractivity contribution in [1.29, 1.82) is 0 Å². The average Bonchev–Trinajstić information content (AvgIpc) is 2.88. The highest BCUT2D eigenvalue weighted by Gasteiger charge is 2.19. The van der Waals surface area contributed by atoms with Crippen LogP contribution in [0.25, 0.3) is 0 Å². The molecule has 13 heteroatoms. The zero-order valence-electron chi connectivity index (χ0n) is 20.8. The van der Waals surface area contributed by atoms with E-state index >= 15 is 0 Å². The molecule has 4 rings (SSSR count). The van der Waals surface area contributed by atoms with E-state index in [-0.39, 0.29) is 34.8 Å². The molecule has 0 unspecified atom stereocenters. The first-order chi connectivity index (χ1) is 18.2. The normalized spacial score (nSPS) is 13.9. The van der Waals surface area contributed by atoms with Gasteiger partial charge in [-0.1, -0.05) is 11.6 Å². The number of nitrogens with zero attached hydrogens (tertiary/aromatic N) is 4. The summed E-state index contributed by atoms with van der Waals surface area (Å²) in [4.78, 5) is 23.5. The molecule has 202 valence electrons. The topological polar surface area (TPSA) is 94.7 Å². The summed E-state index contributed by atoms with van der Waals surface area (Å²) in [6.07, 6.45) is 1.83. The molecule has 2 aromatic carbocycles. The van der Waals surface area contributed by atoms with Crippen molar-refractivity contribution < 1.29 is 22.7 Å². The van der Waals surface area contributed by atoms with E-state index < -0.39 is 12.4 Å². The highest BCUT2D eigenvalue weighted by atomic mass is 35.5. The summed E-state index contributed by atoms with van der Waals surface area (Å²) in [5, 5.41) is 8.59.